The molecular weight excluding hydrogens is 212 g/mol. The van der Waals surface area contributed by atoms with E-state index in [2.05, 4.69) is 15.0 Å². The number of imidazole rings is 1. The maximum absolute atomic E-state index is 4.48. The van der Waals surface area contributed by atoms with E-state index in [9.17, 15) is 0 Å². The molecule has 0 radical (unpaired) electrons. The van der Waals surface area contributed by atoms with E-state index in [1.54, 1.807) is 0 Å². The molecule has 0 N–H and O–H groups in total. The van der Waals surface area contributed by atoms with Gasteiger partial charge < -0.3 is 4.57 Å². The minimum Gasteiger partial charge on any atom is -0.329 e. The molecule has 0 atom stereocenters. The summed E-state index contributed by atoms with van der Waals surface area (Å²) in [5.74, 6) is 1.66. The Labute approximate surface area is 99.0 Å². The van der Waals surface area contributed by atoms with Crippen LogP contribution in [0.4, 0.5) is 0 Å². The van der Waals surface area contributed by atoms with E-state index in [1.165, 1.54) is 0 Å². The number of fused-ring (bicyclic) bond motifs is 1. The first kappa shape index (κ1) is 9.96. The fourth-order valence-electron chi connectivity index (χ4n) is 1.81. The Kier molecular flexibility index (Phi) is 2.14. The summed E-state index contributed by atoms with van der Waals surface area (Å²) in [5, 5.41) is 0. The van der Waals surface area contributed by atoms with Crippen LogP contribution in [0.3, 0.4) is 0 Å². The monoisotopic (exact) mass is 224 g/mol. The first-order valence-corrected chi connectivity index (χ1v) is 5.47. The maximum atomic E-state index is 4.48. The Morgan fingerprint density at radius 3 is 2.59 bits per heavy atom. The number of aromatic nitrogens is 4. The smallest absolute Gasteiger partial charge is 0.181 e. The number of benzene rings is 1. The second-order valence-electron chi connectivity index (χ2n) is 3.99. The molecule has 3 rings (SSSR count). The normalized spacial score (nSPS) is 10.9. The number of rotatable bonds is 1. The van der Waals surface area contributed by atoms with Crippen LogP contribution < -0.4 is 0 Å². The largest absolute Gasteiger partial charge is 0.329 e. The molecule has 1 aromatic carbocycles. The summed E-state index contributed by atoms with van der Waals surface area (Å²) in [6.07, 6.45) is 1.82. The molecule has 2 heterocycles. The Hall–Kier alpha value is -2.23. The van der Waals surface area contributed by atoms with Crippen molar-refractivity contribution >= 4 is 11.2 Å². The number of hydrogen-bond donors (Lipinski definition) is 0. The van der Waals surface area contributed by atoms with Crippen LogP contribution >= 0.6 is 0 Å². The summed E-state index contributed by atoms with van der Waals surface area (Å²) in [5.41, 5.74) is 2.72. The molecule has 4 heteroatoms. The highest BCUT2D eigenvalue weighted by atomic mass is 15.1. The topological polar surface area (TPSA) is 43.6 Å². The fourth-order valence-corrected chi connectivity index (χ4v) is 1.81. The van der Waals surface area contributed by atoms with E-state index >= 15 is 0 Å². The van der Waals surface area contributed by atoms with Crippen LogP contribution in [0.25, 0.3) is 22.6 Å². The van der Waals surface area contributed by atoms with Crippen LogP contribution in [0.15, 0.2) is 36.5 Å². The molecule has 0 spiro atoms. The van der Waals surface area contributed by atoms with Gasteiger partial charge in [-0.25, -0.2) is 15.0 Å². The summed E-state index contributed by atoms with van der Waals surface area (Å²) >= 11 is 0. The standard InChI is InChI=1S/C13H12N4/c1-9-15-13-11(17(9)2)8-14-12(16-13)10-6-4-3-5-7-10/h3-8H,1-2H3. The molecule has 0 amide bonds. The van der Waals surface area contributed by atoms with Gasteiger partial charge in [0.1, 0.15) is 11.3 Å². The highest BCUT2D eigenvalue weighted by Crippen LogP contribution is 2.17. The van der Waals surface area contributed by atoms with Gasteiger partial charge >= 0.3 is 0 Å². The number of aryl methyl sites for hydroxylation is 2. The summed E-state index contributed by atoms with van der Waals surface area (Å²) in [4.78, 5) is 13.3. The van der Waals surface area contributed by atoms with Gasteiger partial charge in [-0.15, -0.1) is 0 Å². The van der Waals surface area contributed by atoms with Gasteiger partial charge in [-0.3, -0.25) is 0 Å². The highest BCUT2D eigenvalue weighted by molar-refractivity contribution is 5.73. The number of nitrogens with zero attached hydrogens (tertiary/aromatic N) is 4. The van der Waals surface area contributed by atoms with Crippen molar-refractivity contribution in [3.63, 3.8) is 0 Å². The van der Waals surface area contributed by atoms with Crippen molar-refractivity contribution in [3.05, 3.63) is 42.4 Å². The van der Waals surface area contributed by atoms with Gasteiger partial charge in [0.25, 0.3) is 0 Å². The quantitative estimate of drug-likeness (QED) is 0.637. The van der Waals surface area contributed by atoms with E-state index < -0.39 is 0 Å². The van der Waals surface area contributed by atoms with Crippen molar-refractivity contribution in [2.75, 3.05) is 0 Å². The maximum Gasteiger partial charge on any atom is 0.181 e. The van der Waals surface area contributed by atoms with Crippen LogP contribution in [0.2, 0.25) is 0 Å². The summed E-state index contributed by atoms with van der Waals surface area (Å²) in [6.45, 7) is 1.96. The second kappa shape index (κ2) is 3.66. The zero-order valence-corrected chi connectivity index (χ0v) is 9.75. The van der Waals surface area contributed by atoms with Crippen molar-refractivity contribution in [1.82, 2.24) is 19.5 Å². The average Bonchev–Trinajstić information content (AvgIpc) is 2.66. The molecule has 0 aliphatic rings. The average molecular weight is 224 g/mol. The molecule has 84 valence electrons. The molecule has 0 bridgehead atoms. The van der Waals surface area contributed by atoms with E-state index in [-0.39, 0.29) is 0 Å². The van der Waals surface area contributed by atoms with Crippen molar-refractivity contribution in [2.45, 2.75) is 6.92 Å². The lowest BCUT2D eigenvalue weighted by atomic mass is 10.2. The SMILES string of the molecule is Cc1nc2nc(-c3ccccc3)ncc2n1C. The number of hydrogen-bond acceptors (Lipinski definition) is 3. The molecule has 0 aliphatic heterocycles. The summed E-state index contributed by atoms with van der Waals surface area (Å²) < 4.78 is 1.99. The molecule has 4 nitrogen and oxygen atoms in total. The van der Waals surface area contributed by atoms with Gasteiger partial charge in [-0.05, 0) is 6.92 Å². The first-order valence-electron chi connectivity index (χ1n) is 5.47. The van der Waals surface area contributed by atoms with E-state index in [0.717, 1.165) is 28.4 Å². The van der Waals surface area contributed by atoms with Gasteiger partial charge in [0.15, 0.2) is 11.5 Å². The lowest BCUT2D eigenvalue weighted by Gasteiger charge is -1.99. The van der Waals surface area contributed by atoms with Crippen molar-refractivity contribution in [1.29, 1.82) is 0 Å². The molecule has 0 saturated carbocycles. The zero-order chi connectivity index (χ0) is 11.8. The third-order valence-electron chi connectivity index (χ3n) is 2.90. The van der Waals surface area contributed by atoms with E-state index in [0.29, 0.717) is 0 Å². The van der Waals surface area contributed by atoms with Gasteiger partial charge in [-0.1, -0.05) is 30.3 Å². The first-order chi connectivity index (χ1) is 8.25. The molecule has 2 aromatic heterocycles. The van der Waals surface area contributed by atoms with E-state index in [4.69, 9.17) is 0 Å². The van der Waals surface area contributed by atoms with Crippen molar-refractivity contribution in [3.8, 4) is 11.4 Å². The third kappa shape index (κ3) is 1.58. The van der Waals surface area contributed by atoms with Gasteiger partial charge in [0.2, 0.25) is 0 Å². The van der Waals surface area contributed by atoms with Gasteiger partial charge in [0.05, 0.1) is 6.20 Å². The van der Waals surface area contributed by atoms with Crippen LogP contribution in [0, 0.1) is 6.92 Å². The molecule has 0 fully saturated rings. The van der Waals surface area contributed by atoms with Crippen molar-refractivity contribution in [2.24, 2.45) is 7.05 Å². The predicted molar refractivity (Wildman–Crippen MR) is 66.5 cm³/mol. The predicted octanol–water partition coefficient (Wildman–Crippen LogP) is 2.34. The fraction of sp³-hybridized carbons (Fsp3) is 0.154. The lowest BCUT2D eigenvalue weighted by molar-refractivity contribution is 0.884. The Morgan fingerprint density at radius 2 is 1.82 bits per heavy atom. The van der Waals surface area contributed by atoms with Crippen molar-refractivity contribution < 1.29 is 0 Å². The van der Waals surface area contributed by atoms with Crippen LogP contribution in [0.1, 0.15) is 5.82 Å². The lowest BCUT2D eigenvalue weighted by Crippen LogP contribution is -1.92. The van der Waals surface area contributed by atoms with Crippen LogP contribution in [0.5, 0.6) is 0 Å². The molecule has 17 heavy (non-hydrogen) atoms. The molecule has 0 unspecified atom stereocenters. The minimum absolute atomic E-state index is 0.719. The molecule has 3 aromatic rings. The minimum atomic E-state index is 0.719. The Morgan fingerprint density at radius 1 is 1.06 bits per heavy atom. The highest BCUT2D eigenvalue weighted by Gasteiger charge is 2.08. The van der Waals surface area contributed by atoms with Gasteiger partial charge in [0, 0.05) is 12.6 Å². The zero-order valence-electron chi connectivity index (χ0n) is 9.75. The molecule has 0 aliphatic carbocycles. The summed E-state index contributed by atoms with van der Waals surface area (Å²) in [7, 11) is 1.97. The molecule has 0 saturated heterocycles. The second-order valence-corrected chi connectivity index (χ2v) is 3.99. The summed E-state index contributed by atoms with van der Waals surface area (Å²) in [6, 6.07) is 9.93. The third-order valence-corrected chi connectivity index (χ3v) is 2.90. The van der Waals surface area contributed by atoms with Crippen LogP contribution in [-0.2, 0) is 7.05 Å². The van der Waals surface area contributed by atoms with Gasteiger partial charge in [-0.2, -0.15) is 0 Å². The van der Waals surface area contributed by atoms with E-state index in [1.807, 2.05) is 55.1 Å². The Balaban J connectivity index is 2.21. The Bertz CT molecular complexity index is 670. The van der Waals surface area contributed by atoms with Crippen LogP contribution in [-0.4, -0.2) is 19.5 Å². The molecular formula is C13H12N4.